The summed E-state index contributed by atoms with van der Waals surface area (Å²) in [6.07, 6.45) is 1.60. The molecule has 7 nitrogen and oxygen atoms in total. The van der Waals surface area contributed by atoms with Crippen LogP contribution in [0.1, 0.15) is 13.8 Å². The van der Waals surface area contributed by atoms with Crippen LogP contribution in [0.2, 0.25) is 10.3 Å². The Morgan fingerprint density at radius 3 is 2.44 bits per heavy atom. The van der Waals surface area contributed by atoms with Crippen molar-refractivity contribution in [3.8, 4) is 11.5 Å². The molecule has 3 aromatic rings. The second kappa shape index (κ2) is 7.58. The first-order valence-electron chi connectivity index (χ1n) is 7.54. The molecule has 0 amide bonds. The first-order chi connectivity index (χ1) is 12.0. The maximum absolute atomic E-state index is 5.97. The molecule has 0 bridgehead atoms. The molecule has 0 unspecified atom stereocenters. The first kappa shape index (κ1) is 17.3. The minimum absolute atomic E-state index is 0.158. The zero-order valence-electron chi connectivity index (χ0n) is 13.5. The van der Waals surface area contributed by atoms with Gasteiger partial charge in [0.1, 0.15) is 16.0 Å². The van der Waals surface area contributed by atoms with Crippen molar-refractivity contribution >= 4 is 40.8 Å². The topological polar surface area (TPSA) is 88.5 Å². The second-order valence-corrected chi connectivity index (χ2v) is 6.22. The largest absolute Gasteiger partial charge is 0.352 e. The van der Waals surface area contributed by atoms with Crippen molar-refractivity contribution in [1.82, 2.24) is 24.9 Å². The molecule has 0 fully saturated rings. The van der Waals surface area contributed by atoms with Crippen LogP contribution < -0.4 is 10.6 Å². The van der Waals surface area contributed by atoms with E-state index in [0.717, 1.165) is 0 Å². The summed E-state index contributed by atoms with van der Waals surface area (Å²) in [5.41, 5.74) is 1.27. The van der Waals surface area contributed by atoms with E-state index in [2.05, 4.69) is 35.6 Å². The molecule has 3 aromatic heterocycles. The van der Waals surface area contributed by atoms with Crippen LogP contribution >= 0.6 is 23.2 Å². The molecule has 0 saturated carbocycles. The SMILES string of the molecule is CC(C)Nc1nc(Nc2ccnc(Cl)c2)nc(-c2cccc(Cl)n2)n1. The molecule has 9 heteroatoms. The smallest absolute Gasteiger partial charge is 0.232 e. The van der Waals surface area contributed by atoms with E-state index in [-0.39, 0.29) is 6.04 Å². The number of aromatic nitrogens is 5. The zero-order valence-corrected chi connectivity index (χ0v) is 15.0. The number of nitrogens with zero attached hydrogens (tertiary/aromatic N) is 5. The van der Waals surface area contributed by atoms with Crippen LogP contribution in [0.15, 0.2) is 36.5 Å². The van der Waals surface area contributed by atoms with E-state index in [0.29, 0.717) is 39.4 Å². The van der Waals surface area contributed by atoms with Gasteiger partial charge < -0.3 is 10.6 Å². The Balaban J connectivity index is 2.00. The molecule has 0 aliphatic heterocycles. The molecule has 2 N–H and O–H groups in total. The summed E-state index contributed by atoms with van der Waals surface area (Å²) in [6.45, 7) is 3.99. The summed E-state index contributed by atoms with van der Waals surface area (Å²) in [7, 11) is 0. The van der Waals surface area contributed by atoms with Crippen LogP contribution in [0.4, 0.5) is 17.6 Å². The van der Waals surface area contributed by atoms with E-state index >= 15 is 0 Å². The standard InChI is InChI=1S/C16H15Cl2N7/c1-9(2)20-15-23-14(11-4-3-5-12(17)22-11)24-16(25-15)21-10-6-7-19-13(18)8-10/h3-9H,1-2H3,(H2,19,20,21,23,24,25). The van der Waals surface area contributed by atoms with Gasteiger partial charge in [-0.1, -0.05) is 29.3 Å². The van der Waals surface area contributed by atoms with Gasteiger partial charge in [0.05, 0.1) is 0 Å². The fourth-order valence-electron chi connectivity index (χ4n) is 2.01. The molecule has 128 valence electrons. The van der Waals surface area contributed by atoms with E-state index < -0.39 is 0 Å². The summed E-state index contributed by atoms with van der Waals surface area (Å²) < 4.78 is 0. The van der Waals surface area contributed by atoms with Crippen LogP contribution in [0.25, 0.3) is 11.5 Å². The minimum Gasteiger partial charge on any atom is -0.352 e. The maximum atomic E-state index is 5.97. The van der Waals surface area contributed by atoms with Crippen LogP contribution in [-0.4, -0.2) is 31.0 Å². The number of pyridine rings is 2. The number of hydrogen-bond acceptors (Lipinski definition) is 7. The van der Waals surface area contributed by atoms with Crippen molar-refractivity contribution in [2.24, 2.45) is 0 Å². The van der Waals surface area contributed by atoms with Gasteiger partial charge in [0.25, 0.3) is 0 Å². The highest BCUT2D eigenvalue weighted by Gasteiger charge is 2.11. The normalized spacial score (nSPS) is 10.8. The molecule has 0 radical (unpaired) electrons. The van der Waals surface area contributed by atoms with Crippen LogP contribution in [0, 0.1) is 0 Å². The van der Waals surface area contributed by atoms with E-state index in [1.807, 2.05) is 13.8 Å². The molecule has 0 aromatic carbocycles. The van der Waals surface area contributed by atoms with Crippen molar-refractivity contribution in [3.63, 3.8) is 0 Å². The van der Waals surface area contributed by atoms with E-state index in [4.69, 9.17) is 23.2 Å². The van der Waals surface area contributed by atoms with Crippen LogP contribution in [0.3, 0.4) is 0 Å². The van der Waals surface area contributed by atoms with Gasteiger partial charge in [0.2, 0.25) is 11.9 Å². The molecule has 0 spiro atoms. The molecule has 0 saturated heterocycles. The van der Waals surface area contributed by atoms with Crippen molar-refractivity contribution in [2.45, 2.75) is 19.9 Å². The molecule has 0 aliphatic rings. The monoisotopic (exact) mass is 375 g/mol. The van der Waals surface area contributed by atoms with Gasteiger partial charge in [-0.15, -0.1) is 0 Å². The number of anilines is 3. The number of hydrogen-bond donors (Lipinski definition) is 2. The summed E-state index contributed by atoms with van der Waals surface area (Å²) in [6, 6.07) is 8.87. The Kier molecular flexibility index (Phi) is 5.25. The van der Waals surface area contributed by atoms with Gasteiger partial charge in [-0.3, -0.25) is 0 Å². The average Bonchev–Trinajstić information content (AvgIpc) is 2.54. The van der Waals surface area contributed by atoms with Crippen molar-refractivity contribution in [2.75, 3.05) is 10.6 Å². The third-order valence-corrected chi connectivity index (χ3v) is 3.40. The summed E-state index contributed by atoms with van der Waals surface area (Å²) in [4.78, 5) is 21.4. The van der Waals surface area contributed by atoms with E-state index in [1.165, 1.54) is 0 Å². The number of rotatable bonds is 5. The highest BCUT2D eigenvalue weighted by molar-refractivity contribution is 6.29. The van der Waals surface area contributed by atoms with Crippen molar-refractivity contribution in [1.29, 1.82) is 0 Å². The average molecular weight is 376 g/mol. The zero-order chi connectivity index (χ0) is 17.8. The Labute approximate surface area is 154 Å². The molecule has 0 aliphatic carbocycles. The van der Waals surface area contributed by atoms with Gasteiger partial charge in [-0.25, -0.2) is 9.97 Å². The lowest BCUT2D eigenvalue weighted by Crippen LogP contribution is -2.14. The first-order valence-corrected chi connectivity index (χ1v) is 8.29. The fraction of sp³-hybridized carbons (Fsp3) is 0.188. The fourth-order valence-corrected chi connectivity index (χ4v) is 2.35. The highest BCUT2D eigenvalue weighted by atomic mass is 35.5. The number of nitrogens with one attached hydrogen (secondary N) is 2. The predicted octanol–water partition coefficient (Wildman–Crippen LogP) is 4.20. The minimum atomic E-state index is 0.158. The second-order valence-electron chi connectivity index (χ2n) is 5.44. The van der Waals surface area contributed by atoms with Crippen molar-refractivity contribution < 1.29 is 0 Å². The summed E-state index contributed by atoms with van der Waals surface area (Å²) in [5.74, 6) is 1.20. The Morgan fingerprint density at radius 1 is 0.920 bits per heavy atom. The van der Waals surface area contributed by atoms with Crippen LogP contribution in [0.5, 0.6) is 0 Å². The summed E-state index contributed by atoms with van der Waals surface area (Å²) in [5, 5.41) is 7.00. The van der Waals surface area contributed by atoms with E-state index in [9.17, 15) is 0 Å². The third-order valence-electron chi connectivity index (χ3n) is 2.98. The van der Waals surface area contributed by atoms with Gasteiger partial charge in [-0.2, -0.15) is 15.0 Å². The maximum Gasteiger partial charge on any atom is 0.232 e. The molecule has 3 heterocycles. The number of halogens is 2. The molecule has 25 heavy (non-hydrogen) atoms. The van der Waals surface area contributed by atoms with Crippen molar-refractivity contribution in [3.05, 3.63) is 46.8 Å². The molecular weight excluding hydrogens is 361 g/mol. The molecule has 0 atom stereocenters. The summed E-state index contributed by atoms with van der Waals surface area (Å²) >= 11 is 11.9. The van der Waals surface area contributed by atoms with E-state index in [1.54, 1.807) is 36.5 Å². The molecular formula is C16H15Cl2N7. The van der Waals surface area contributed by atoms with Gasteiger partial charge in [0, 0.05) is 17.9 Å². The Hall–Kier alpha value is -2.51. The third kappa shape index (κ3) is 4.74. The molecule has 3 rings (SSSR count). The van der Waals surface area contributed by atoms with Gasteiger partial charge in [0.15, 0.2) is 5.82 Å². The lowest BCUT2D eigenvalue weighted by molar-refractivity contribution is 0.869. The Morgan fingerprint density at radius 2 is 1.72 bits per heavy atom. The van der Waals surface area contributed by atoms with Gasteiger partial charge >= 0.3 is 0 Å². The Bertz CT molecular complexity index is 886. The lowest BCUT2D eigenvalue weighted by atomic mass is 10.3. The quantitative estimate of drug-likeness (QED) is 0.645. The van der Waals surface area contributed by atoms with Gasteiger partial charge in [-0.05, 0) is 38.1 Å². The van der Waals surface area contributed by atoms with Crippen LogP contribution in [-0.2, 0) is 0 Å². The lowest BCUT2D eigenvalue weighted by Gasteiger charge is -2.12. The highest BCUT2D eigenvalue weighted by Crippen LogP contribution is 2.21. The predicted molar refractivity (Wildman–Crippen MR) is 99.4 cm³/mol.